The highest BCUT2D eigenvalue weighted by Crippen LogP contribution is 2.37. The fraction of sp³-hybridized carbons (Fsp3) is 0.200. The summed E-state index contributed by atoms with van der Waals surface area (Å²) in [7, 11) is 0. The number of thiophene rings is 1. The number of anilines is 1. The second-order valence-electron chi connectivity index (χ2n) is 7.85. The van der Waals surface area contributed by atoms with Gasteiger partial charge in [-0.25, -0.2) is 9.37 Å². The number of aromatic nitrogens is 2. The minimum absolute atomic E-state index is 0.247. The molecule has 4 N–H and O–H groups in total. The molecule has 0 aliphatic heterocycles. The van der Waals surface area contributed by atoms with Crippen LogP contribution in [0.2, 0.25) is 5.15 Å². The Morgan fingerprint density at radius 3 is 2.82 bits per heavy atom. The largest absolute Gasteiger partial charge is 0.383 e. The normalized spacial score (nSPS) is 11.8. The number of nitrogens with one attached hydrogen (secondary N) is 2. The van der Waals surface area contributed by atoms with E-state index < -0.39 is 0 Å². The molecular formula is C25H25ClFN5S. The van der Waals surface area contributed by atoms with Gasteiger partial charge in [0.15, 0.2) is 0 Å². The van der Waals surface area contributed by atoms with Crippen LogP contribution >= 0.6 is 22.9 Å². The Morgan fingerprint density at radius 2 is 2.09 bits per heavy atom. The maximum absolute atomic E-state index is 14.2. The molecule has 0 amide bonds. The summed E-state index contributed by atoms with van der Waals surface area (Å²) in [6.07, 6.45) is 2.25. The van der Waals surface area contributed by atoms with Crippen molar-refractivity contribution in [2.75, 3.05) is 11.9 Å². The first-order chi connectivity index (χ1) is 15.8. The lowest BCUT2D eigenvalue weighted by molar-refractivity contribution is 0.637. The number of H-pyrrole nitrogens is 1. The maximum Gasteiger partial charge on any atom is 0.147 e. The van der Waals surface area contributed by atoms with Gasteiger partial charge in [0.05, 0.1) is 16.1 Å². The second kappa shape index (κ2) is 9.37. The Bertz CT molecular complexity index is 1390. The molecule has 0 spiro atoms. The van der Waals surface area contributed by atoms with Gasteiger partial charge in [-0.15, -0.1) is 11.3 Å². The summed E-state index contributed by atoms with van der Waals surface area (Å²) in [6.45, 7) is 10.1. The number of aromatic amines is 1. The summed E-state index contributed by atoms with van der Waals surface area (Å²) < 4.78 is 14.2. The Hall–Kier alpha value is -3.16. The van der Waals surface area contributed by atoms with E-state index in [0.29, 0.717) is 29.5 Å². The molecule has 0 saturated heterocycles. The number of amidine groups is 1. The highest BCUT2D eigenvalue weighted by molar-refractivity contribution is 7.18. The third kappa shape index (κ3) is 4.51. The molecule has 5 nitrogen and oxygen atoms in total. The van der Waals surface area contributed by atoms with Gasteiger partial charge >= 0.3 is 0 Å². The molecule has 0 aliphatic rings. The number of hydrogen-bond acceptors (Lipinski definition) is 4. The molecule has 0 aliphatic carbocycles. The van der Waals surface area contributed by atoms with Gasteiger partial charge < -0.3 is 16.0 Å². The van der Waals surface area contributed by atoms with Crippen molar-refractivity contribution in [1.29, 1.82) is 0 Å². The summed E-state index contributed by atoms with van der Waals surface area (Å²) in [6, 6.07) is 9.14. The van der Waals surface area contributed by atoms with Crippen LogP contribution in [0, 0.1) is 26.6 Å². The Kier molecular flexibility index (Phi) is 6.54. The van der Waals surface area contributed by atoms with Crippen molar-refractivity contribution < 1.29 is 4.39 Å². The minimum Gasteiger partial charge on any atom is -0.383 e. The first-order valence-electron chi connectivity index (χ1n) is 10.5. The lowest BCUT2D eigenvalue weighted by Crippen LogP contribution is -2.14. The van der Waals surface area contributed by atoms with Crippen LogP contribution in [0.15, 0.2) is 48.1 Å². The zero-order valence-electron chi connectivity index (χ0n) is 18.7. The molecule has 0 fully saturated rings. The molecule has 0 radical (unpaired) electrons. The van der Waals surface area contributed by atoms with Crippen LogP contribution in [-0.4, -0.2) is 22.3 Å². The highest BCUT2D eigenvalue weighted by Gasteiger charge is 2.17. The van der Waals surface area contributed by atoms with E-state index >= 15 is 0 Å². The van der Waals surface area contributed by atoms with Crippen LogP contribution in [0.4, 0.5) is 10.1 Å². The summed E-state index contributed by atoms with van der Waals surface area (Å²) in [5.74, 6) is 0.177. The van der Waals surface area contributed by atoms with Crippen molar-refractivity contribution in [3.05, 3.63) is 81.5 Å². The van der Waals surface area contributed by atoms with Crippen molar-refractivity contribution in [3.8, 4) is 10.4 Å². The average Bonchev–Trinajstić information content (AvgIpc) is 3.33. The lowest BCUT2D eigenvalue weighted by atomic mass is 10.0. The first-order valence-corrected chi connectivity index (χ1v) is 11.7. The molecule has 4 rings (SSSR count). The number of rotatable bonds is 7. The molecule has 3 aromatic heterocycles. The second-order valence-corrected chi connectivity index (χ2v) is 9.26. The molecule has 8 heteroatoms. The zero-order chi connectivity index (χ0) is 23.7. The number of aryl methyl sites for hydroxylation is 3. The number of pyridine rings is 1. The maximum atomic E-state index is 14.2. The molecule has 0 unspecified atom stereocenters. The zero-order valence-corrected chi connectivity index (χ0v) is 20.3. The van der Waals surface area contributed by atoms with Crippen LogP contribution in [-0.2, 0) is 6.42 Å². The van der Waals surface area contributed by atoms with E-state index in [1.165, 1.54) is 17.4 Å². The predicted octanol–water partition coefficient (Wildman–Crippen LogP) is 6.51. The molecule has 3 heterocycles. The average molecular weight is 482 g/mol. The van der Waals surface area contributed by atoms with Crippen molar-refractivity contribution in [2.24, 2.45) is 10.7 Å². The van der Waals surface area contributed by atoms with E-state index in [0.717, 1.165) is 48.9 Å². The van der Waals surface area contributed by atoms with Crippen molar-refractivity contribution in [1.82, 2.24) is 9.97 Å². The molecule has 33 heavy (non-hydrogen) atoms. The van der Waals surface area contributed by atoms with Gasteiger partial charge in [-0.05, 0) is 68.8 Å². The molecule has 0 bridgehead atoms. The van der Waals surface area contributed by atoms with E-state index in [1.807, 2.05) is 39.0 Å². The lowest BCUT2D eigenvalue weighted by Gasteiger charge is -2.05. The van der Waals surface area contributed by atoms with E-state index in [1.54, 1.807) is 12.3 Å². The van der Waals surface area contributed by atoms with E-state index in [4.69, 9.17) is 17.3 Å². The quantitative estimate of drug-likeness (QED) is 0.160. The number of hydrogen-bond donors (Lipinski definition) is 3. The van der Waals surface area contributed by atoms with Gasteiger partial charge in [0.25, 0.3) is 0 Å². The van der Waals surface area contributed by atoms with Gasteiger partial charge in [-0.2, -0.15) is 0 Å². The third-order valence-electron chi connectivity index (χ3n) is 5.55. The Balaban J connectivity index is 1.62. The summed E-state index contributed by atoms with van der Waals surface area (Å²) in [4.78, 5) is 13.9. The SMILES string of the molecule is C=CNc1cc(-c2ccc(C)nc2Cl)sc1C(N)=NCCc1c(C)[nH]c2c(F)ccc(C)c12. The number of fused-ring (bicyclic) bond motifs is 1. The van der Waals surface area contributed by atoms with Gasteiger partial charge in [-0.1, -0.05) is 24.2 Å². The molecule has 170 valence electrons. The van der Waals surface area contributed by atoms with E-state index in [-0.39, 0.29) is 5.82 Å². The number of nitrogens with zero attached hydrogens (tertiary/aromatic N) is 2. The van der Waals surface area contributed by atoms with Gasteiger partial charge in [0.1, 0.15) is 16.8 Å². The smallest absolute Gasteiger partial charge is 0.147 e. The van der Waals surface area contributed by atoms with Gasteiger partial charge in [-0.3, -0.25) is 4.99 Å². The number of nitrogens with two attached hydrogens (primary N) is 1. The topological polar surface area (TPSA) is 79.1 Å². The highest BCUT2D eigenvalue weighted by atomic mass is 35.5. The van der Waals surface area contributed by atoms with Crippen LogP contribution < -0.4 is 11.1 Å². The fourth-order valence-corrected chi connectivity index (χ4v) is 5.38. The number of halogens is 2. The number of benzene rings is 1. The van der Waals surface area contributed by atoms with Crippen LogP contribution in [0.3, 0.4) is 0 Å². The first kappa shape index (κ1) is 23.0. The minimum atomic E-state index is -0.247. The van der Waals surface area contributed by atoms with E-state index in [2.05, 4.69) is 26.9 Å². The Labute approximate surface area is 201 Å². The van der Waals surface area contributed by atoms with Gasteiger partial charge in [0, 0.05) is 33.8 Å². The standard InChI is InChI=1S/C25H25ClFN5S/c1-5-29-19-12-20(17-8-7-14(3)31-24(17)26)33-23(19)25(28)30-11-10-16-15(4)32-22-18(27)9-6-13(2)21(16)22/h5-9,12,29,32H,1,10-11H2,2-4H3,(H2,28,30). The van der Waals surface area contributed by atoms with Crippen LogP contribution in [0.25, 0.3) is 21.3 Å². The molecule has 0 atom stereocenters. The van der Waals surface area contributed by atoms with Crippen molar-refractivity contribution in [2.45, 2.75) is 27.2 Å². The van der Waals surface area contributed by atoms with Crippen molar-refractivity contribution >= 4 is 45.4 Å². The third-order valence-corrected chi connectivity index (χ3v) is 7.03. The van der Waals surface area contributed by atoms with Crippen molar-refractivity contribution in [3.63, 3.8) is 0 Å². The van der Waals surface area contributed by atoms with Crippen LogP contribution in [0.1, 0.15) is 27.4 Å². The van der Waals surface area contributed by atoms with Crippen LogP contribution in [0.5, 0.6) is 0 Å². The molecule has 1 aromatic carbocycles. The molecule has 0 saturated carbocycles. The number of aliphatic imine (C=N–C) groups is 1. The predicted molar refractivity (Wildman–Crippen MR) is 138 cm³/mol. The summed E-state index contributed by atoms with van der Waals surface area (Å²) >= 11 is 7.87. The Morgan fingerprint density at radius 1 is 1.30 bits per heavy atom. The fourth-order valence-electron chi connectivity index (χ4n) is 3.96. The molecular weight excluding hydrogens is 457 g/mol. The van der Waals surface area contributed by atoms with E-state index in [9.17, 15) is 4.39 Å². The van der Waals surface area contributed by atoms with Gasteiger partial charge in [0.2, 0.25) is 0 Å². The summed E-state index contributed by atoms with van der Waals surface area (Å²) in [5.41, 5.74) is 12.5. The summed E-state index contributed by atoms with van der Waals surface area (Å²) in [5, 5.41) is 4.50. The molecule has 4 aromatic rings. The monoisotopic (exact) mass is 481 g/mol.